The van der Waals surface area contributed by atoms with Crippen LogP contribution in [0.2, 0.25) is 0 Å². The third-order valence-corrected chi connectivity index (χ3v) is 2.80. The summed E-state index contributed by atoms with van der Waals surface area (Å²) < 4.78 is 0. The standard InChI is InChI=1S/C13H18ClNO/c1-2-12(11-7-4-3-5-8-11)13(16)15-10-6-9-14/h3-5,7-8,12H,2,6,9-10H2,1H3,(H,15,16). The number of hydrogen-bond donors (Lipinski definition) is 1. The van der Waals surface area contributed by atoms with Crippen molar-refractivity contribution in [3.05, 3.63) is 35.9 Å². The normalized spacial score (nSPS) is 12.1. The number of halogens is 1. The molecule has 1 amide bonds. The number of amides is 1. The van der Waals surface area contributed by atoms with Gasteiger partial charge < -0.3 is 5.32 Å². The molecule has 88 valence electrons. The zero-order valence-electron chi connectivity index (χ0n) is 9.58. The van der Waals surface area contributed by atoms with Crippen molar-refractivity contribution in [3.63, 3.8) is 0 Å². The lowest BCUT2D eigenvalue weighted by Gasteiger charge is -2.15. The number of benzene rings is 1. The average Bonchev–Trinajstić information content (AvgIpc) is 2.32. The Bertz CT molecular complexity index is 313. The van der Waals surface area contributed by atoms with Crippen LogP contribution in [0.4, 0.5) is 0 Å². The molecule has 2 nitrogen and oxygen atoms in total. The highest BCUT2D eigenvalue weighted by molar-refractivity contribution is 6.17. The molecular weight excluding hydrogens is 222 g/mol. The molecule has 0 heterocycles. The van der Waals surface area contributed by atoms with Crippen LogP contribution in [0.15, 0.2) is 30.3 Å². The predicted molar refractivity (Wildman–Crippen MR) is 67.8 cm³/mol. The Morgan fingerprint density at radius 3 is 2.62 bits per heavy atom. The first-order chi connectivity index (χ1) is 7.79. The van der Waals surface area contributed by atoms with Gasteiger partial charge in [0, 0.05) is 12.4 Å². The van der Waals surface area contributed by atoms with Crippen LogP contribution in [0.3, 0.4) is 0 Å². The van der Waals surface area contributed by atoms with E-state index in [1.807, 2.05) is 37.3 Å². The van der Waals surface area contributed by atoms with Gasteiger partial charge in [-0.2, -0.15) is 0 Å². The Morgan fingerprint density at radius 2 is 2.06 bits per heavy atom. The highest BCUT2D eigenvalue weighted by Gasteiger charge is 2.17. The van der Waals surface area contributed by atoms with Crippen molar-refractivity contribution in [3.8, 4) is 0 Å². The van der Waals surface area contributed by atoms with Crippen LogP contribution in [-0.2, 0) is 4.79 Å². The second-order valence-corrected chi connectivity index (χ2v) is 4.08. The summed E-state index contributed by atoms with van der Waals surface area (Å²) in [7, 11) is 0. The molecule has 1 rings (SSSR count). The summed E-state index contributed by atoms with van der Waals surface area (Å²) in [6.45, 7) is 2.68. The minimum Gasteiger partial charge on any atom is -0.356 e. The molecule has 16 heavy (non-hydrogen) atoms. The molecule has 0 aromatic heterocycles. The number of carbonyl (C=O) groups is 1. The van der Waals surface area contributed by atoms with Gasteiger partial charge in [0.05, 0.1) is 5.92 Å². The molecule has 1 N–H and O–H groups in total. The van der Waals surface area contributed by atoms with Gasteiger partial charge in [0.2, 0.25) is 5.91 Å². The summed E-state index contributed by atoms with van der Waals surface area (Å²) in [5.41, 5.74) is 1.08. The predicted octanol–water partition coefficient (Wildman–Crippen LogP) is 2.93. The Hall–Kier alpha value is -1.02. The van der Waals surface area contributed by atoms with Crippen molar-refractivity contribution in [2.24, 2.45) is 0 Å². The van der Waals surface area contributed by atoms with Crippen molar-refractivity contribution in [1.82, 2.24) is 5.32 Å². The number of nitrogens with one attached hydrogen (secondary N) is 1. The van der Waals surface area contributed by atoms with Crippen LogP contribution in [-0.4, -0.2) is 18.3 Å². The summed E-state index contributed by atoms with van der Waals surface area (Å²) in [6.07, 6.45) is 1.63. The first kappa shape index (κ1) is 13.0. The minimum atomic E-state index is -0.0449. The molecule has 0 radical (unpaired) electrons. The third-order valence-electron chi connectivity index (χ3n) is 2.54. The van der Waals surface area contributed by atoms with Crippen LogP contribution >= 0.6 is 11.6 Å². The molecule has 1 atom stereocenters. The van der Waals surface area contributed by atoms with Crippen molar-refractivity contribution in [1.29, 1.82) is 0 Å². The zero-order valence-corrected chi connectivity index (χ0v) is 10.3. The van der Waals surface area contributed by atoms with Gasteiger partial charge in [0.15, 0.2) is 0 Å². The van der Waals surface area contributed by atoms with E-state index in [9.17, 15) is 4.79 Å². The van der Waals surface area contributed by atoms with Crippen molar-refractivity contribution >= 4 is 17.5 Å². The maximum absolute atomic E-state index is 11.9. The molecule has 0 bridgehead atoms. The molecule has 3 heteroatoms. The number of hydrogen-bond acceptors (Lipinski definition) is 1. The molecular formula is C13H18ClNO. The van der Waals surface area contributed by atoms with Gasteiger partial charge in [-0.1, -0.05) is 37.3 Å². The fourth-order valence-corrected chi connectivity index (χ4v) is 1.79. The number of rotatable bonds is 6. The first-order valence-electron chi connectivity index (χ1n) is 5.68. The summed E-state index contributed by atoms with van der Waals surface area (Å²) in [6, 6.07) is 9.88. The van der Waals surface area contributed by atoms with Crippen LogP contribution in [0.5, 0.6) is 0 Å². The molecule has 0 aliphatic rings. The van der Waals surface area contributed by atoms with E-state index in [2.05, 4.69) is 5.32 Å². The molecule has 0 aliphatic heterocycles. The summed E-state index contributed by atoms with van der Waals surface area (Å²) in [5, 5.41) is 2.91. The molecule has 1 aromatic rings. The van der Waals surface area contributed by atoms with Crippen molar-refractivity contribution < 1.29 is 4.79 Å². The number of alkyl halides is 1. The molecule has 0 spiro atoms. The van der Waals surface area contributed by atoms with E-state index < -0.39 is 0 Å². The highest BCUT2D eigenvalue weighted by atomic mass is 35.5. The van der Waals surface area contributed by atoms with Gasteiger partial charge >= 0.3 is 0 Å². The van der Waals surface area contributed by atoms with Crippen LogP contribution in [0, 0.1) is 0 Å². The van der Waals surface area contributed by atoms with E-state index in [4.69, 9.17) is 11.6 Å². The average molecular weight is 240 g/mol. The molecule has 1 aromatic carbocycles. The maximum atomic E-state index is 11.9. The lowest BCUT2D eigenvalue weighted by Crippen LogP contribution is -2.30. The van der Waals surface area contributed by atoms with E-state index in [1.165, 1.54) is 0 Å². The largest absolute Gasteiger partial charge is 0.356 e. The van der Waals surface area contributed by atoms with E-state index in [-0.39, 0.29) is 11.8 Å². The zero-order chi connectivity index (χ0) is 11.8. The van der Waals surface area contributed by atoms with E-state index in [1.54, 1.807) is 0 Å². The molecule has 0 saturated heterocycles. The van der Waals surface area contributed by atoms with Crippen LogP contribution in [0.25, 0.3) is 0 Å². The SMILES string of the molecule is CCC(C(=O)NCCCCl)c1ccccc1. The van der Waals surface area contributed by atoms with Crippen molar-refractivity contribution in [2.75, 3.05) is 12.4 Å². The molecule has 1 unspecified atom stereocenters. The van der Waals surface area contributed by atoms with Crippen LogP contribution < -0.4 is 5.32 Å². The second kappa shape index (κ2) is 7.29. The van der Waals surface area contributed by atoms with E-state index >= 15 is 0 Å². The Balaban J connectivity index is 2.57. The van der Waals surface area contributed by atoms with E-state index in [0.29, 0.717) is 12.4 Å². The Kier molecular flexibility index (Phi) is 5.94. The van der Waals surface area contributed by atoms with Gasteiger partial charge in [-0.15, -0.1) is 11.6 Å². The van der Waals surface area contributed by atoms with Gasteiger partial charge in [0.1, 0.15) is 0 Å². The maximum Gasteiger partial charge on any atom is 0.227 e. The molecule has 0 fully saturated rings. The van der Waals surface area contributed by atoms with E-state index in [0.717, 1.165) is 18.4 Å². The minimum absolute atomic E-state index is 0.0449. The topological polar surface area (TPSA) is 29.1 Å². The monoisotopic (exact) mass is 239 g/mol. The van der Waals surface area contributed by atoms with Crippen LogP contribution in [0.1, 0.15) is 31.2 Å². The van der Waals surface area contributed by atoms with Gasteiger partial charge in [-0.3, -0.25) is 4.79 Å². The van der Waals surface area contributed by atoms with Crippen molar-refractivity contribution in [2.45, 2.75) is 25.7 Å². The summed E-state index contributed by atoms with van der Waals surface area (Å²) in [4.78, 5) is 11.9. The highest BCUT2D eigenvalue weighted by Crippen LogP contribution is 2.18. The summed E-state index contributed by atoms with van der Waals surface area (Å²) >= 11 is 5.56. The fraction of sp³-hybridized carbons (Fsp3) is 0.462. The van der Waals surface area contributed by atoms with Gasteiger partial charge in [-0.05, 0) is 18.4 Å². The molecule has 0 aliphatic carbocycles. The lowest BCUT2D eigenvalue weighted by molar-refractivity contribution is -0.122. The third kappa shape index (κ3) is 3.86. The fourth-order valence-electron chi connectivity index (χ4n) is 1.66. The smallest absolute Gasteiger partial charge is 0.227 e. The first-order valence-corrected chi connectivity index (χ1v) is 6.21. The Labute approximate surface area is 102 Å². The quantitative estimate of drug-likeness (QED) is 0.600. The number of carbonyl (C=O) groups excluding carboxylic acids is 1. The Morgan fingerprint density at radius 1 is 1.38 bits per heavy atom. The second-order valence-electron chi connectivity index (χ2n) is 3.71. The van der Waals surface area contributed by atoms with Gasteiger partial charge in [-0.25, -0.2) is 0 Å². The molecule has 0 saturated carbocycles. The summed E-state index contributed by atoms with van der Waals surface area (Å²) in [5.74, 6) is 0.637. The lowest BCUT2D eigenvalue weighted by atomic mass is 9.96. The van der Waals surface area contributed by atoms with Gasteiger partial charge in [0.25, 0.3) is 0 Å².